The second-order valence-electron chi connectivity index (χ2n) is 6.56. The summed E-state index contributed by atoms with van der Waals surface area (Å²) in [6.45, 7) is 9.01. The van der Waals surface area contributed by atoms with Crippen molar-refractivity contribution in [3.8, 4) is 0 Å². The molecule has 0 aliphatic carbocycles. The molecule has 0 atom stereocenters. The molecule has 0 bridgehead atoms. The number of benzene rings is 1. The molecule has 0 unspecified atom stereocenters. The van der Waals surface area contributed by atoms with Crippen LogP contribution in [0.5, 0.6) is 0 Å². The zero-order chi connectivity index (χ0) is 15.2. The van der Waals surface area contributed by atoms with Crippen LogP contribution in [0.25, 0.3) is 0 Å². The highest BCUT2D eigenvalue weighted by molar-refractivity contribution is 5.39. The van der Waals surface area contributed by atoms with Gasteiger partial charge < -0.3 is 15.3 Å². The van der Waals surface area contributed by atoms with Crippen LogP contribution < -0.4 is 0 Å². The van der Waals surface area contributed by atoms with E-state index in [-0.39, 0.29) is 11.1 Å². The minimum absolute atomic E-state index is 0.0595. The number of rotatable bonds is 3. The smallest absolute Gasteiger partial charge is 0.135 e. The maximum Gasteiger partial charge on any atom is 0.135 e. The van der Waals surface area contributed by atoms with Crippen molar-refractivity contribution in [3.63, 3.8) is 0 Å². The average molecular weight is 270 g/mol. The van der Waals surface area contributed by atoms with E-state index in [4.69, 9.17) is 0 Å². The van der Waals surface area contributed by atoms with Gasteiger partial charge in [0.1, 0.15) is 5.82 Å². The minimum atomic E-state index is -1.40. The lowest BCUT2D eigenvalue weighted by Crippen LogP contribution is -2.27. The molecule has 0 spiro atoms. The Kier molecular flexibility index (Phi) is 3.85. The van der Waals surface area contributed by atoms with Crippen LogP contribution in [0.4, 0.5) is 4.39 Å². The molecule has 1 rings (SSSR count). The third kappa shape index (κ3) is 3.53. The van der Waals surface area contributed by atoms with Crippen LogP contribution in [-0.2, 0) is 16.8 Å². The molecule has 3 N–H and O–H groups in total. The summed E-state index contributed by atoms with van der Waals surface area (Å²) in [5, 5.41) is 30.2. The summed E-state index contributed by atoms with van der Waals surface area (Å²) in [5.74, 6) is -0.645. The van der Waals surface area contributed by atoms with E-state index in [1.165, 1.54) is 39.8 Å². The van der Waals surface area contributed by atoms with Crippen molar-refractivity contribution in [2.45, 2.75) is 58.3 Å². The molecular weight excluding hydrogens is 247 g/mol. The molecule has 4 heteroatoms. The van der Waals surface area contributed by atoms with E-state index < -0.39 is 22.6 Å². The van der Waals surface area contributed by atoms with Gasteiger partial charge in [0.15, 0.2) is 0 Å². The maximum atomic E-state index is 14.4. The first-order chi connectivity index (χ1) is 8.24. The Hall–Kier alpha value is -0.970. The van der Waals surface area contributed by atoms with Crippen molar-refractivity contribution < 1.29 is 19.7 Å². The van der Waals surface area contributed by atoms with Gasteiger partial charge in [0, 0.05) is 11.1 Å². The topological polar surface area (TPSA) is 60.7 Å². The largest absolute Gasteiger partial charge is 0.386 e. The summed E-state index contributed by atoms with van der Waals surface area (Å²) in [6, 6.07) is 2.87. The standard InChI is InChI=1S/C15H23FO3/c1-13(2,17)9-7-10(14(3,4)18)12(16)11(8-9)15(5,6)19/h7-8,17-19H,1-6H3. The molecule has 0 heterocycles. The fraction of sp³-hybridized carbons (Fsp3) is 0.600. The van der Waals surface area contributed by atoms with Crippen molar-refractivity contribution in [3.05, 3.63) is 34.6 Å². The Morgan fingerprint density at radius 1 is 0.737 bits per heavy atom. The van der Waals surface area contributed by atoms with Gasteiger partial charge in [-0.05, 0) is 59.2 Å². The first kappa shape index (κ1) is 16.1. The van der Waals surface area contributed by atoms with E-state index in [0.29, 0.717) is 5.56 Å². The quantitative estimate of drug-likeness (QED) is 0.791. The average Bonchev–Trinajstić information content (AvgIpc) is 2.11. The van der Waals surface area contributed by atoms with E-state index >= 15 is 0 Å². The summed E-state index contributed by atoms with van der Waals surface area (Å²) >= 11 is 0. The van der Waals surface area contributed by atoms with E-state index in [1.807, 2.05) is 0 Å². The molecule has 3 nitrogen and oxygen atoms in total. The van der Waals surface area contributed by atoms with Gasteiger partial charge in [-0.15, -0.1) is 0 Å². The van der Waals surface area contributed by atoms with Gasteiger partial charge in [-0.2, -0.15) is 0 Å². The molecule has 0 aliphatic rings. The van der Waals surface area contributed by atoms with Crippen molar-refractivity contribution in [2.24, 2.45) is 0 Å². The van der Waals surface area contributed by atoms with Gasteiger partial charge in [-0.3, -0.25) is 0 Å². The summed E-state index contributed by atoms with van der Waals surface area (Å²) in [7, 11) is 0. The Morgan fingerprint density at radius 2 is 1.05 bits per heavy atom. The molecule has 0 radical (unpaired) electrons. The van der Waals surface area contributed by atoms with Crippen LogP contribution >= 0.6 is 0 Å². The van der Waals surface area contributed by atoms with Crippen molar-refractivity contribution in [2.75, 3.05) is 0 Å². The number of hydrogen-bond donors (Lipinski definition) is 3. The normalized spacial score (nSPS) is 13.8. The van der Waals surface area contributed by atoms with Crippen LogP contribution in [0.15, 0.2) is 12.1 Å². The van der Waals surface area contributed by atoms with E-state index in [1.54, 1.807) is 13.8 Å². The third-order valence-corrected chi connectivity index (χ3v) is 3.10. The highest BCUT2D eigenvalue weighted by Gasteiger charge is 2.31. The zero-order valence-corrected chi connectivity index (χ0v) is 12.4. The van der Waals surface area contributed by atoms with Crippen molar-refractivity contribution >= 4 is 0 Å². The molecule has 0 amide bonds. The van der Waals surface area contributed by atoms with Gasteiger partial charge >= 0.3 is 0 Å². The molecule has 0 fully saturated rings. The Labute approximate surface area is 113 Å². The Morgan fingerprint density at radius 3 is 1.26 bits per heavy atom. The van der Waals surface area contributed by atoms with Crippen LogP contribution in [0.3, 0.4) is 0 Å². The molecular formula is C15H23FO3. The molecule has 0 aromatic heterocycles. The summed E-state index contributed by atoms with van der Waals surface area (Å²) in [4.78, 5) is 0. The highest BCUT2D eigenvalue weighted by atomic mass is 19.1. The fourth-order valence-corrected chi connectivity index (χ4v) is 1.87. The van der Waals surface area contributed by atoms with E-state index in [0.717, 1.165) is 0 Å². The predicted octanol–water partition coefficient (Wildman–Crippen LogP) is 2.51. The lowest BCUT2D eigenvalue weighted by molar-refractivity contribution is 0.0588. The number of aliphatic hydroxyl groups is 3. The van der Waals surface area contributed by atoms with Gasteiger partial charge in [0.05, 0.1) is 16.8 Å². The minimum Gasteiger partial charge on any atom is -0.386 e. The molecule has 0 saturated carbocycles. The first-order valence-corrected chi connectivity index (χ1v) is 6.26. The van der Waals surface area contributed by atoms with Gasteiger partial charge in [0.2, 0.25) is 0 Å². The van der Waals surface area contributed by atoms with Gasteiger partial charge in [-0.25, -0.2) is 4.39 Å². The lowest BCUT2D eigenvalue weighted by atomic mass is 9.84. The van der Waals surface area contributed by atoms with Crippen LogP contribution in [0, 0.1) is 5.82 Å². The number of halogens is 1. The van der Waals surface area contributed by atoms with Crippen LogP contribution in [-0.4, -0.2) is 15.3 Å². The summed E-state index contributed by atoms with van der Waals surface area (Å²) in [6.07, 6.45) is 0. The fourth-order valence-electron chi connectivity index (χ4n) is 1.87. The van der Waals surface area contributed by atoms with Crippen LogP contribution in [0.1, 0.15) is 58.2 Å². The SMILES string of the molecule is CC(C)(O)c1cc(C(C)(C)O)c(F)c(C(C)(C)O)c1. The number of hydrogen-bond acceptors (Lipinski definition) is 3. The van der Waals surface area contributed by atoms with Crippen LogP contribution in [0.2, 0.25) is 0 Å². The maximum absolute atomic E-state index is 14.4. The molecule has 0 aliphatic heterocycles. The molecule has 1 aromatic carbocycles. The van der Waals surface area contributed by atoms with Gasteiger partial charge in [-0.1, -0.05) is 0 Å². The molecule has 0 saturated heterocycles. The molecule has 19 heavy (non-hydrogen) atoms. The van der Waals surface area contributed by atoms with E-state index in [9.17, 15) is 19.7 Å². The Bertz CT molecular complexity index is 439. The molecule has 108 valence electrons. The second-order valence-corrected chi connectivity index (χ2v) is 6.56. The molecule has 1 aromatic rings. The van der Waals surface area contributed by atoms with E-state index in [2.05, 4.69) is 0 Å². The summed E-state index contributed by atoms with van der Waals surface area (Å²) < 4.78 is 14.4. The Balaban J connectivity index is 3.68. The van der Waals surface area contributed by atoms with Crippen molar-refractivity contribution in [1.29, 1.82) is 0 Å². The lowest BCUT2D eigenvalue weighted by Gasteiger charge is -2.28. The van der Waals surface area contributed by atoms with Gasteiger partial charge in [0.25, 0.3) is 0 Å². The predicted molar refractivity (Wildman–Crippen MR) is 72.1 cm³/mol. The highest BCUT2D eigenvalue weighted by Crippen LogP contribution is 2.34. The van der Waals surface area contributed by atoms with Crippen molar-refractivity contribution in [1.82, 2.24) is 0 Å². The second kappa shape index (κ2) is 4.54. The summed E-state index contributed by atoms with van der Waals surface area (Å²) in [5.41, 5.74) is -3.42. The monoisotopic (exact) mass is 270 g/mol. The first-order valence-electron chi connectivity index (χ1n) is 6.26. The third-order valence-electron chi connectivity index (χ3n) is 3.10. The zero-order valence-electron chi connectivity index (χ0n) is 12.4.